The molecule has 1 unspecified atom stereocenters. The highest BCUT2D eigenvalue weighted by Gasteiger charge is 2.25. The summed E-state index contributed by atoms with van der Waals surface area (Å²) < 4.78 is 7.44. The highest BCUT2D eigenvalue weighted by atomic mass is 16.5. The molecule has 35 heavy (non-hydrogen) atoms. The Morgan fingerprint density at radius 3 is 2.71 bits per heavy atom. The molecule has 0 amide bonds. The van der Waals surface area contributed by atoms with Crippen molar-refractivity contribution in [3.63, 3.8) is 0 Å². The first-order valence-electron chi connectivity index (χ1n) is 12.1. The SMILES string of the molecule is CCOc1ccc2[nH]c(=O)c(CN(CCCO)C(CC)c3nnnn3Cc3ccccc3)cc2c1. The number of hydrogen-bond donors (Lipinski definition) is 2. The van der Waals surface area contributed by atoms with Gasteiger partial charge < -0.3 is 14.8 Å². The molecule has 2 aromatic carbocycles. The van der Waals surface area contributed by atoms with Gasteiger partial charge in [-0.05, 0) is 60.0 Å². The molecule has 0 fully saturated rings. The van der Waals surface area contributed by atoms with Crippen LogP contribution < -0.4 is 10.3 Å². The summed E-state index contributed by atoms with van der Waals surface area (Å²) in [6.07, 6.45) is 1.33. The van der Waals surface area contributed by atoms with Gasteiger partial charge in [0.15, 0.2) is 5.82 Å². The van der Waals surface area contributed by atoms with Crippen LogP contribution in [0.5, 0.6) is 5.75 Å². The van der Waals surface area contributed by atoms with Gasteiger partial charge in [0.05, 0.1) is 19.2 Å². The number of ether oxygens (including phenoxy) is 1. The van der Waals surface area contributed by atoms with Crippen LogP contribution in [-0.4, -0.2) is 55.0 Å². The molecule has 0 bridgehead atoms. The molecule has 4 aromatic rings. The smallest absolute Gasteiger partial charge is 0.252 e. The van der Waals surface area contributed by atoms with E-state index >= 15 is 0 Å². The number of benzene rings is 2. The molecule has 2 N–H and O–H groups in total. The minimum Gasteiger partial charge on any atom is -0.494 e. The molecule has 0 radical (unpaired) electrons. The van der Waals surface area contributed by atoms with Crippen LogP contribution in [-0.2, 0) is 13.1 Å². The summed E-state index contributed by atoms with van der Waals surface area (Å²) in [6.45, 7) is 6.23. The molecular weight excluding hydrogens is 444 g/mol. The number of H-pyrrole nitrogens is 1. The van der Waals surface area contributed by atoms with Gasteiger partial charge in [0.25, 0.3) is 5.56 Å². The van der Waals surface area contributed by atoms with Gasteiger partial charge in [0.1, 0.15) is 5.75 Å². The third-order valence-electron chi connectivity index (χ3n) is 6.04. The number of pyridine rings is 1. The fraction of sp³-hybridized carbons (Fsp3) is 0.385. The van der Waals surface area contributed by atoms with Crippen LogP contribution in [0.4, 0.5) is 0 Å². The van der Waals surface area contributed by atoms with Crippen LogP contribution in [0.1, 0.15) is 49.7 Å². The number of hydrogen-bond acceptors (Lipinski definition) is 7. The van der Waals surface area contributed by atoms with Crippen molar-refractivity contribution < 1.29 is 9.84 Å². The third-order valence-corrected chi connectivity index (χ3v) is 6.04. The van der Waals surface area contributed by atoms with Gasteiger partial charge in [0.2, 0.25) is 0 Å². The van der Waals surface area contributed by atoms with Gasteiger partial charge in [-0.25, -0.2) is 4.68 Å². The third kappa shape index (κ3) is 5.93. The van der Waals surface area contributed by atoms with Gasteiger partial charge in [-0.1, -0.05) is 37.3 Å². The van der Waals surface area contributed by atoms with Crippen LogP contribution in [0, 0.1) is 0 Å². The predicted molar refractivity (Wildman–Crippen MR) is 134 cm³/mol. The van der Waals surface area contributed by atoms with Gasteiger partial charge in [-0.15, -0.1) is 5.10 Å². The zero-order chi connectivity index (χ0) is 24.6. The molecule has 9 nitrogen and oxygen atoms in total. The number of aromatic nitrogens is 5. The van der Waals surface area contributed by atoms with Gasteiger partial charge in [0, 0.05) is 36.2 Å². The van der Waals surface area contributed by atoms with E-state index in [0.29, 0.717) is 38.2 Å². The van der Waals surface area contributed by atoms with Crippen molar-refractivity contribution in [2.75, 3.05) is 19.8 Å². The minimum atomic E-state index is -0.130. The fourth-order valence-electron chi connectivity index (χ4n) is 4.36. The molecule has 2 heterocycles. The van der Waals surface area contributed by atoms with Crippen molar-refractivity contribution >= 4 is 10.9 Å². The number of aliphatic hydroxyl groups excluding tert-OH is 1. The van der Waals surface area contributed by atoms with E-state index in [9.17, 15) is 9.90 Å². The Morgan fingerprint density at radius 2 is 1.97 bits per heavy atom. The zero-order valence-corrected chi connectivity index (χ0v) is 20.2. The van der Waals surface area contributed by atoms with Gasteiger partial charge in [-0.3, -0.25) is 9.69 Å². The molecule has 4 rings (SSSR count). The molecule has 0 aliphatic rings. The maximum absolute atomic E-state index is 13.0. The standard InChI is InChI=1S/C26H32N6O3/c1-3-24(25-28-29-30-32(25)17-19-9-6-5-7-10-19)31(13-8-14-33)18-21-15-20-16-22(35-4-2)11-12-23(20)27-26(21)34/h5-7,9-12,15-16,24,33H,3-4,8,13-14,17-18H2,1-2H3,(H,27,34). The highest BCUT2D eigenvalue weighted by molar-refractivity contribution is 5.80. The van der Waals surface area contributed by atoms with Crippen LogP contribution in [0.25, 0.3) is 10.9 Å². The van der Waals surface area contributed by atoms with Gasteiger partial charge >= 0.3 is 0 Å². The topological polar surface area (TPSA) is 109 Å². The molecule has 2 aromatic heterocycles. The van der Waals surface area contributed by atoms with E-state index < -0.39 is 0 Å². The lowest BCUT2D eigenvalue weighted by Crippen LogP contribution is -2.34. The minimum absolute atomic E-state index is 0.0632. The maximum Gasteiger partial charge on any atom is 0.252 e. The fourth-order valence-corrected chi connectivity index (χ4v) is 4.36. The largest absolute Gasteiger partial charge is 0.494 e. The average Bonchev–Trinajstić information content (AvgIpc) is 3.32. The molecule has 0 spiro atoms. The first-order chi connectivity index (χ1) is 17.1. The van der Waals surface area contributed by atoms with Crippen LogP contribution >= 0.6 is 0 Å². The van der Waals surface area contributed by atoms with E-state index in [1.54, 1.807) is 0 Å². The lowest BCUT2D eigenvalue weighted by atomic mass is 10.1. The second-order valence-corrected chi connectivity index (χ2v) is 8.46. The second-order valence-electron chi connectivity index (χ2n) is 8.46. The number of nitrogens with zero attached hydrogens (tertiary/aromatic N) is 5. The summed E-state index contributed by atoms with van der Waals surface area (Å²) in [5.41, 5.74) is 2.39. The normalized spacial score (nSPS) is 12.3. The quantitative estimate of drug-likeness (QED) is 0.323. The van der Waals surface area contributed by atoms with Gasteiger partial charge in [-0.2, -0.15) is 0 Å². The predicted octanol–water partition coefficient (Wildman–Crippen LogP) is 3.30. The number of tetrazole rings is 1. The number of aliphatic hydroxyl groups is 1. The highest BCUT2D eigenvalue weighted by Crippen LogP contribution is 2.26. The zero-order valence-electron chi connectivity index (χ0n) is 20.2. The summed E-state index contributed by atoms with van der Waals surface area (Å²) in [5, 5.41) is 23.0. The molecule has 0 saturated heterocycles. The van der Waals surface area contributed by atoms with E-state index in [0.717, 1.165) is 34.5 Å². The Bertz CT molecular complexity index is 1290. The van der Waals surface area contributed by atoms with Crippen molar-refractivity contribution in [3.05, 3.63) is 81.9 Å². The first-order valence-corrected chi connectivity index (χ1v) is 12.1. The Kier molecular flexibility index (Phi) is 8.23. The Morgan fingerprint density at radius 1 is 1.14 bits per heavy atom. The molecule has 0 saturated carbocycles. The molecule has 184 valence electrons. The van der Waals surface area contributed by atoms with E-state index in [1.807, 2.05) is 66.2 Å². The monoisotopic (exact) mass is 476 g/mol. The van der Waals surface area contributed by atoms with E-state index in [-0.39, 0.29) is 18.2 Å². The van der Waals surface area contributed by atoms with Crippen LogP contribution in [0.2, 0.25) is 0 Å². The van der Waals surface area contributed by atoms with Crippen molar-refractivity contribution in [2.45, 2.75) is 45.8 Å². The van der Waals surface area contributed by atoms with Crippen molar-refractivity contribution in [2.24, 2.45) is 0 Å². The molecular formula is C26H32N6O3. The van der Waals surface area contributed by atoms with E-state index in [2.05, 4.69) is 32.3 Å². The summed E-state index contributed by atoms with van der Waals surface area (Å²) >= 11 is 0. The van der Waals surface area contributed by atoms with Crippen molar-refractivity contribution in [1.29, 1.82) is 0 Å². The summed E-state index contributed by atoms with van der Waals surface area (Å²) in [4.78, 5) is 18.1. The van der Waals surface area contributed by atoms with E-state index in [4.69, 9.17) is 4.74 Å². The Hall–Kier alpha value is -3.56. The molecule has 1 atom stereocenters. The molecule has 0 aliphatic heterocycles. The number of aromatic amines is 1. The lowest BCUT2D eigenvalue weighted by Gasteiger charge is -2.30. The van der Waals surface area contributed by atoms with Crippen LogP contribution in [0.3, 0.4) is 0 Å². The van der Waals surface area contributed by atoms with E-state index in [1.165, 1.54) is 0 Å². The average molecular weight is 477 g/mol. The molecule has 0 aliphatic carbocycles. The van der Waals surface area contributed by atoms with Crippen molar-refractivity contribution in [1.82, 2.24) is 30.1 Å². The summed E-state index contributed by atoms with van der Waals surface area (Å²) in [7, 11) is 0. The van der Waals surface area contributed by atoms with Crippen molar-refractivity contribution in [3.8, 4) is 5.75 Å². The van der Waals surface area contributed by atoms with Crippen LogP contribution in [0.15, 0.2) is 59.4 Å². The Labute approximate surface area is 204 Å². The molecule has 9 heteroatoms. The first kappa shape index (κ1) is 24.6. The number of rotatable bonds is 12. The summed E-state index contributed by atoms with van der Waals surface area (Å²) in [6, 6.07) is 17.5. The number of fused-ring (bicyclic) bond motifs is 1. The number of nitrogens with one attached hydrogen (secondary N) is 1. The Balaban J connectivity index is 1.65. The second kappa shape index (κ2) is 11.7. The lowest BCUT2D eigenvalue weighted by molar-refractivity contribution is 0.152. The summed E-state index contributed by atoms with van der Waals surface area (Å²) in [5.74, 6) is 1.51. The maximum atomic E-state index is 13.0.